The summed E-state index contributed by atoms with van der Waals surface area (Å²) in [5, 5.41) is 11.4. The molecule has 0 aromatic rings. The number of hydrogen-bond acceptors (Lipinski definition) is 13. The maximum absolute atomic E-state index is 15.3. The Hall–Kier alpha value is -5.78. The quantitative estimate of drug-likeness (QED) is 0.0746. The molecule has 0 aromatic carbocycles. The number of carbonyl (C=O) groups is 11. The van der Waals surface area contributed by atoms with Crippen molar-refractivity contribution < 1.29 is 52.7 Å². The number of allylic oxidation sites excluding steroid dienone is 2. The Morgan fingerprint density at radius 1 is 0.462 bits per heavy atom. The van der Waals surface area contributed by atoms with Crippen LogP contribution in [0.2, 0.25) is 0 Å². The van der Waals surface area contributed by atoms with Gasteiger partial charge in [-0.1, -0.05) is 116 Å². The summed E-state index contributed by atoms with van der Waals surface area (Å²) >= 11 is 1.46. The largest absolute Gasteiger partial charge is 0.343 e. The number of likely N-dealkylation sites (N-methyl/N-ethyl adjacent to an activating group) is 7. The first-order valence-corrected chi connectivity index (χ1v) is 35.3. The van der Waals surface area contributed by atoms with Crippen molar-refractivity contribution in [1.29, 1.82) is 0 Å². The smallest absolute Gasteiger partial charge is 0.246 e. The second kappa shape index (κ2) is 40.6. The highest BCUT2D eigenvalue weighted by atomic mass is 32.2. The Morgan fingerprint density at radius 3 is 1.38 bits per heavy atom. The third kappa shape index (κ3) is 25.7. The Morgan fingerprint density at radius 2 is 0.892 bits per heavy atom. The van der Waals surface area contributed by atoms with Gasteiger partial charge in [0, 0.05) is 67.4 Å². The van der Waals surface area contributed by atoms with E-state index in [9.17, 15) is 24.0 Å². The van der Waals surface area contributed by atoms with Gasteiger partial charge in [-0.05, 0) is 127 Å². The summed E-state index contributed by atoms with van der Waals surface area (Å²) in [6.07, 6.45) is 5.94. The molecule has 11 amide bonds. The van der Waals surface area contributed by atoms with E-state index in [-0.39, 0.29) is 73.9 Å². The van der Waals surface area contributed by atoms with Crippen LogP contribution in [0.25, 0.3) is 0 Å². The van der Waals surface area contributed by atoms with Crippen LogP contribution >= 0.6 is 11.8 Å². The van der Waals surface area contributed by atoms with Gasteiger partial charge < -0.3 is 60.5 Å². The lowest BCUT2D eigenvalue weighted by Crippen LogP contribution is -2.62. The SMILES string of the molecule is C/C=C/C[C@@H](C)C[C@@H]1C(=O)N[C@H](CC)C(=O)N(C)[C@H](CSCCN(C)CC)C(=O)N(C)[C@@H](CC(C)C)C(=O)N[C@H](C(C)C)C(=O)N(C)[C@H](CCC(C)C)C(=O)N[C@H](C)C(=O)N[C@H](C)C(=O)N(C)[C@@H](CC(C)C)C(=O)N(C)[C@@H](CC(C)C)C(=O)N(C)[C@H](C(C)C)C(=O)N1C. The minimum Gasteiger partial charge on any atom is -0.343 e. The molecule has 1 aliphatic heterocycles. The Bertz CT molecular complexity index is 2490. The summed E-state index contributed by atoms with van der Waals surface area (Å²) in [7, 11) is 12.5. The lowest BCUT2D eigenvalue weighted by atomic mass is 9.93. The molecular weight excluding hydrogens is 1200 g/mol. The van der Waals surface area contributed by atoms with Crippen LogP contribution < -0.4 is 21.3 Å². The van der Waals surface area contributed by atoms with Crippen LogP contribution in [0.4, 0.5) is 0 Å². The van der Waals surface area contributed by atoms with E-state index in [2.05, 4.69) is 26.2 Å². The van der Waals surface area contributed by atoms with Gasteiger partial charge in [0.15, 0.2) is 0 Å². The molecule has 1 rings (SSSR count). The predicted octanol–water partition coefficient (Wildman–Crippen LogP) is 5.74. The van der Waals surface area contributed by atoms with Crippen molar-refractivity contribution in [2.45, 2.75) is 242 Å². The molecular formula is C69H126N12O11S. The average molecular weight is 1330 g/mol. The number of nitrogens with one attached hydrogen (secondary N) is 4. The van der Waals surface area contributed by atoms with Crippen molar-refractivity contribution in [3.8, 4) is 0 Å². The Kier molecular flexibility index (Phi) is 37.2. The number of hydrogen-bond donors (Lipinski definition) is 4. The highest BCUT2D eigenvalue weighted by Gasteiger charge is 2.45. The molecule has 12 atom stereocenters. The fraction of sp³-hybridized carbons (Fsp3) is 0.812. The number of rotatable bonds is 22. The number of thioether (sulfide) groups is 1. The van der Waals surface area contributed by atoms with Crippen molar-refractivity contribution in [1.82, 2.24) is 60.5 Å². The molecule has 0 unspecified atom stereocenters. The topological polar surface area (TPSA) is 262 Å². The van der Waals surface area contributed by atoms with E-state index >= 15 is 28.8 Å². The van der Waals surface area contributed by atoms with Gasteiger partial charge in [-0.15, -0.1) is 0 Å². The van der Waals surface area contributed by atoms with Gasteiger partial charge in [-0.3, -0.25) is 52.7 Å². The van der Waals surface area contributed by atoms with Crippen LogP contribution in [-0.4, -0.2) is 252 Å². The van der Waals surface area contributed by atoms with Crippen molar-refractivity contribution in [3.63, 3.8) is 0 Å². The molecule has 1 saturated heterocycles. The van der Waals surface area contributed by atoms with Gasteiger partial charge in [-0.25, -0.2) is 0 Å². The van der Waals surface area contributed by atoms with Crippen molar-refractivity contribution >= 4 is 76.7 Å². The molecule has 24 heteroatoms. The molecule has 0 radical (unpaired) electrons. The van der Waals surface area contributed by atoms with Gasteiger partial charge >= 0.3 is 0 Å². The first-order chi connectivity index (χ1) is 43.1. The van der Waals surface area contributed by atoms with Crippen LogP contribution in [0, 0.1) is 41.4 Å². The second-order valence-corrected chi connectivity index (χ2v) is 29.7. The molecule has 534 valence electrons. The highest BCUT2D eigenvalue weighted by Crippen LogP contribution is 2.26. The first kappa shape index (κ1) is 85.2. The van der Waals surface area contributed by atoms with E-state index in [4.69, 9.17) is 0 Å². The lowest BCUT2D eigenvalue weighted by Gasteiger charge is -2.41. The molecule has 93 heavy (non-hydrogen) atoms. The van der Waals surface area contributed by atoms with E-state index in [0.717, 1.165) is 6.54 Å². The van der Waals surface area contributed by atoms with E-state index in [1.807, 2.05) is 95.4 Å². The van der Waals surface area contributed by atoms with Gasteiger partial charge in [0.05, 0.1) is 0 Å². The fourth-order valence-corrected chi connectivity index (χ4v) is 12.8. The fourth-order valence-electron chi connectivity index (χ4n) is 11.6. The zero-order chi connectivity index (χ0) is 71.8. The first-order valence-electron chi connectivity index (χ1n) is 34.1. The highest BCUT2D eigenvalue weighted by molar-refractivity contribution is 7.99. The van der Waals surface area contributed by atoms with Crippen LogP contribution in [-0.2, 0) is 52.7 Å². The average Bonchev–Trinajstić information content (AvgIpc) is 0.847. The molecule has 0 aromatic heterocycles. The van der Waals surface area contributed by atoms with Crippen molar-refractivity contribution in [2.24, 2.45) is 41.4 Å². The van der Waals surface area contributed by atoms with Crippen molar-refractivity contribution in [2.75, 3.05) is 81.0 Å². The second-order valence-electron chi connectivity index (χ2n) is 28.6. The summed E-state index contributed by atoms with van der Waals surface area (Å²) in [5.41, 5.74) is 0. The Labute approximate surface area is 564 Å². The molecule has 1 heterocycles. The molecule has 0 bridgehead atoms. The maximum atomic E-state index is 15.3. The van der Waals surface area contributed by atoms with Crippen LogP contribution in [0.5, 0.6) is 0 Å². The van der Waals surface area contributed by atoms with Crippen LogP contribution in [0.1, 0.15) is 176 Å². The summed E-state index contributed by atoms with van der Waals surface area (Å²) in [4.78, 5) is 175. The van der Waals surface area contributed by atoms with E-state index < -0.39 is 143 Å². The standard InChI is InChI=1S/C69H126N12O11S/c1-27-30-31-47(16)39-53-61(84)72-50(28-2)64(87)80(25)56(40-93-35-34-74(19)29-3)67(90)76(21)52(36-42(6)7)62(85)73-57(45(12)13)68(91)75(20)51(33-32-41(4)5)60(83)70-48(17)59(82)71-49(18)63(86)78(23)54(37-43(8)9)65(88)79(24)55(38-44(10)11)66(89)81(26)58(46(14)15)69(92)77(53)22/h27,30,41-58H,28-29,31-40H2,1-26H3,(H,70,83)(H,71,82)(H,72,84)(H,73,85)/b30-27+/t47-,48-,49-,50-,51-,52+,53-,54+,55+,56-,57-,58-/m1/s1. The van der Waals surface area contributed by atoms with Gasteiger partial charge in [-0.2, -0.15) is 11.8 Å². The normalized spacial score (nSPS) is 26.1. The molecule has 23 nitrogen and oxygen atoms in total. The molecule has 4 N–H and O–H groups in total. The third-order valence-corrected chi connectivity index (χ3v) is 19.0. The molecule has 0 saturated carbocycles. The van der Waals surface area contributed by atoms with E-state index in [0.29, 0.717) is 25.1 Å². The molecule has 1 aliphatic rings. The minimum absolute atomic E-state index is 0.0976. The maximum Gasteiger partial charge on any atom is 0.246 e. The molecule has 0 aliphatic carbocycles. The van der Waals surface area contributed by atoms with E-state index in [1.165, 1.54) is 109 Å². The predicted molar refractivity (Wildman–Crippen MR) is 371 cm³/mol. The zero-order valence-electron chi connectivity index (χ0n) is 62.0. The van der Waals surface area contributed by atoms with Gasteiger partial charge in [0.1, 0.15) is 66.5 Å². The summed E-state index contributed by atoms with van der Waals surface area (Å²) in [6, 6.07) is -12.7. The third-order valence-electron chi connectivity index (χ3n) is 18.0. The van der Waals surface area contributed by atoms with Gasteiger partial charge in [0.2, 0.25) is 65.0 Å². The zero-order valence-corrected chi connectivity index (χ0v) is 62.8. The lowest BCUT2D eigenvalue weighted by molar-refractivity contribution is -0.156. The molecule has 1 fully saturated rings. The number of carbonyl (C=O) groups excluding carboxylic acids is 11. The summed E-state index contributed by atoms with van der Waals surface area (Å²) in [6.45, 7) is 34.5. The molecule has 0 spiro atoms. The van der Waals surface area contributed by atoms with Crippen LogP contribution in [0.3, 0.4) is 0 Å². The Balaban J connectivity index is 4.50. The van der Waals surface area contributed by atoms with Gasteiger partial charge in [0.25, 0.3) is 0 Å². The monoisotopic (exact) mass is 1330 g/mol. The summed E-state index contributed by atoms with van der Waals surface area (Å²) < 4.78 is 0. The van der Waals surface area contributed by atoms with E-state index in [1.54, 1.807) is 34.6 Å². The number of amides is 11. The van der Waals surface area contributed by atoms with Crippen molar-refractivity contribution in [3.05, 3.63) is 12.2 Å². The number of nitrogens with zero attached hydrogens (tertiary/aromatic N) is 8. The summed E-state index contributed by atoms with van der Waals surface area (Å²) in [5.74, 6) is -7.32. The minimum atomic E-state index is -1.22. The van der Waals surface area contributed by atoms with Crippen LogP contribution in [0.15, 0.2) is 12.2 Å².